The number of pyridine rings is 1. The molecule has 2 heterocycles. The van der Waals surface area contributed by atoms with Crippen molar-refractivity contribution < 1.29 is 22.4 Å². The van der Waals surface area contributed by atoms with Gasteiger partial charge in [-0.2, -0.15) is 18.4 Å². The topological polar surface area (TPSA) is 109 Å². The number of nitrogens with zero attached hydrogens (tertiary/aromatic N) is 7. The second-order valence-corrected chi connectivity index (χ2v) is 7.72. The van der Waals surface area contributed by atoms with Crippen LogP contribution >= 0.6 is 11.6 Å². The Hall–Kier alpha value is -3.55. The number of aromatic nitrogens is 1. The second kappa shape index (κ2) is 9.13. The smallest absolute Gasteiger partial charge is 0.343 e. The first-order chi connectivity index (χ1) is 15.5. The van der Waals surface area contributed by atoms with E-state index < -0.39 is 41.1 Å². The number of carbonyl (C=O) groups is 1. The van der Waals surface area contributed by atoms with Crippen molar-refractivity contribution in [3.05, 3.63) is 62.4 Å². The van der Waals surface area contributed by atoms with E-state index in [9.17, 15) is 27.6 Å². The van der Waals surface area contributed by atoms with Crippen LogP contribution in [0.2, 0.25) is 5.02 Å². The third-order valence-electron chi connectivity index (χ3n) is 5.26. The standard InChI is InChI=1S/C20H16ClF4N7O/c1-10-7-13(20(23,24)25)12(9-26)18(28-10)32-6-5-16(29-30-27)17(32)19(33)31(2)11-3-4-15(22)14(21)8-11/h3-4,7-8,16-17H,5-6H2,1-2H3/t16-,17+/m1/s1. The van der Waals surface area contributed by atoms with Crippen molar-refractivity contribution in [3.8, 4) is 6.07 Å². The molecule has 172 valence electrons. The minimum Gasteiger partial charge on any atom is -0.343 e. The number of carbonyl (C=O) groups excluding carboxylic acids is 1. The molecule has 8 nitrogen and oxygen atoms in total. The number of hydrogen-bond donors (Lipinski definition) is 0. The highest BCUT2D eigenvalue weighted by molar-refractivity contribution is 6.31. The van der Waals surface area contributed by atoms with E-state index in [4.69, 9.17) is 17.1 Å². The highest BCUT2D eigenvalue weighted by Gasteiger charge is 2.44. The Balaban J connectivity index is 2.12. The summed E-state index contributed by atoms with van der Waals surface area (Å²) in [6.07, 6.45) is -4.68. The highest BCUT2D eigenvalue weighted by atomic mass is 35.5. The second-order valence-electron chi connectivity index (χ2n) is 7.31. The van der Waals surface area contributed by atoms with Gasteiger partial charge in [-0.25, -0.2) is 9.37 Å². The number of likely N-dealkylation sites (N-methyl/N-ethyl adjacent to an activating group) is 1. The number of hydrogen-bond acceptors (Lipinski definition) is 5. The summed E-state index contributed by atoms with van der Waals surface area (Å²) in [5.74, 6) is -1.68. The molecule has 1 fully saturated rings. The van der Waals surface area contributed by atoms with Gasteiger partial charge >= 0.3 is 6.18 Å². The van der Waals surface area contributed by atoms with E-state index in [-0.39, 0.29) is 35.2 Å². The summed E-state index contributed by atoms with van der Waals surface area (Å²) < 4.78 is 54.3. The zero-order chi connectivity index (χ0) is 24.5. The van der Waals surface area contributed by atoms with E-state index in [1.165, 1.54) is 31.0 Å². The zero-order valence-electron chi connectivity index (χ0n) is 17.3. The van der Waals surface area contributed by atoms with E-state index in [0.29, 0.717) is 0 Å². The highest BCUT2D eigenvalue weighted by Crippen LogP contribution is 2.38. The molecule has 1 amide bonds. The first kappa shape index (κ1) is 24.1. The molecule has 0 N–H and O–H groups in total. The minimum atomic E-state index is -4.82. The van der Waals surface area contributed by atoms with E-state index in [1.807, 2.05) is 0 Å². The molecule has 33 heavy (non-hydrogen) atoms. The van der Waals surface area contributed by atoms with Crippen LogP contribution in [0.25, 0.3) is 10.4 Å². The van der Waals surface area contributed by atoms with Crippen molar-refractivity contribution >= 4 is 29.0 Å². The number of halogens is 5. The predicted molar refractivity (Wildman–Crippen MR) is 112 cm³/mol. The van der Waals surface area contributed by atoms with Crippen LogP contribution in [0.4, 0.5) is 29.1 Å². The van der Waals surface area contributed by atoms with Crippen LogP contribution in [0.5, 0.6) is 0 Å². The molecule has 2 aromatic rings. The van der Waals surface area contributed by atoms with Crippen molar-refractivity contribution in [2.45, 2.75) is 31.6 Å². The fraction of sp³-hybridized carbons (Fsp3) is 0.350. The number of nitriles is 1. The SMILES string of the molecule is Cc1cc(C(F)(F)F)c(C#N)c(N2CC[C@@H](N=[N+]=[N-])[C@H]2C(=O)N(C)c2ccc(F)c(Cl)c2)n1. The number of anilines is 2. The van der Waals surface area contributed by atoms with Crippen LogP contribution in [-0.2, 0) is 11.0 Å². The number of aryl methyl sites for hydroxylation is 1. The Morgan fingerprint density at radius 3 is 2.70 bits per heavy atom. The van der Waals surface area contributed by atoms with Crippen LogP contribution in [0.3, 0.4) is 0 Å². The van der Waals surface area contributed by atoms with Crippen LogP contribution in [0.1, 0.15) is 23.2 Å². The fourth-order valence-corrected chi connectivity index (χ4v) is 3.89. The lowest BCUT2D eigenvalue weighted by atomic mass is 10.1. The molecule has 1 saturated heterocycles. The molecule has 13 heteroatoms. The average molecular weight is 482 g/mol. The Labute approximate surface area is 190 Å². The van der Waals surface area contributed by atoms with Gasteiger partial charge in [-0.3, -0.25) is 4.79 Å². The first-order valence-electron chi connectivity index (χ1n) is 9.52. The summed E-state index contributed by atoms with van der Waals surface area (Å²) in [6.45, 7) is 1.35. The van der Waals surface area contributed by atoms with Crippen LogP contribution in [0, 0.1) is 24.1 Å². The maximum atomic E-state index is 13.6. The maximum absolute atomic E-state index is 13.6. The lowest BCUT2D eigenvalue weighted by Crippen LogP contribution is -2.49. The summed E-state index contributed by atoms with van der Waals surface area (Å²) >= 11 is 5.80. The Bertz CT molecular complexity index is 1190. The molecule has 1 aliphatic heterocycles. The van der Waals surface area contributed by atoms with Gasteiger partial charge in [0.15, 0.2) is 0 Å². The van der Waals surface area contributed by atoms with Crippen molar-refractivity contribution in [1.29, 1.82) is 5.26 Å². The monoisotopic (exact) mass is 481 g/mol. The van der Waals surface area contributed by atoms with Gasteiger partial charge in [0, 0.05) is 29.9 Å². The van der Waals surface area contributed by atoms with Gasteiger partial charge < -0.3 is 9.80 Å². The molecule has 1 aliphatic rings. The lowest BCUT2D eigenvalue weighted by molar-refractivity contribution is -0.137. The molecule has 1 aromatic carbocycles. The Morgan fingerprint density at radius 1 is 1.42 bits per heavy atom. The molecule has 0 aliphatic carbocycles. The van der Waals surface area contributed by atoms with Gasteiger partial charge in [0.05, 0.1) is 16.6 Å². The van der Waals surface area contributed by atoms with E-state index in [0.717, 1.165) is 17.0 Å². The third kappa shape index (κ3) is 4.65. The molecule has 0 spiro atoms. The molecular weight excluding hydrogens is 466 g/mol. The summed E-state index contributed by atoms with van der Waals surface area (Å²) in [7, 11) is 1.37. The Kier molecular flexibility index (Phi) is 6.67. The normalized spacial score (nSPS) is 17.9. The van der Waals surface area contributed by atoms with Crippen LogP contribution in [0.15, 0.2) is 29.4 Å². The number of benzene rings is 1. The van der Waals surface area contributed by atoms with Gasteiger partial charge in [0.1, 0.15) is 29.3 Å². The molecule has 0 saturated carbocycles. The number of rotatable bonds is 4. The first-order valence-corrected chi connectivity index (χ1v) is 9.89. The molecule has 0 bridgehead atoms. The molecule has 1 aromatic heterocycles. The molecule has 3 rings (SSSR count). The quantitative estimate of drug-likeness (QED) is 0.265. The maximum Gasteiger partial charge on any atom is 0.417 e. The van der Waals surface area contributed by atoms with Crippen molar-refractivity contribution in [2.75, 3.05) is 23.4 Å². The van der Waals surface area contributed by atoms with Gasteiger partial charge in [-0.1, -0.05) is 16.7 Å². The molecule has 2 atom stereocenters. The van der Waals surface area contributed by atoms with Crippen LogP contribution < -0.4 is 9.80 Å². The number of azide groups is 1. The predicted octanol–water partition coefficient (Wildman–Crippen LogP) is 4.99. The Morgan fingerprint density at radius 2 is 2.12 bits per heavy atom. The van der Waals surface area contributed by atoms with Crippen LogP contribution in [-0.4, -0.2) is 36.6 Å². The van der Waals surface area contributed by atoms with E-state index >= 15 is 0 Å². The average Bonchev–Trinajstić information content (AvgIpc) is 3.17. The van der Waals surface area contributed by atoms with E-state index in [2.05, 4.69) is 15.0 Å². The third-order valence-corrected chi connectivity index (χ3v) is 5.55. The van der Waals surface area contributed by atoms with Gasteiger partial charge in [-0.05, 0) is 43.1 Å². The largest absolute Gasteiger partial charge is 0.417 e. The summed E-state index contributed by atoms with van der Waals surface area (Å²) in [4.78, 5) is 22.6. The summed E-state index contributed by atoms with van der Waals surface area (Å²) in [6, 6.07) is 3.68. The van der Waals surface area contributed by atoms with Gasteiger partial charge in [-0.15, -0.1) is 0 Å². The summed E-state index contributed by atoms with van der Waals surface area (Å²) in [5, 5.41) is 12.9. The molecule has 0 radical (unpaired) electrons. The zero-order valence-corrected chi connectivity index (χ0v) is 18.1. The molecular formula is C20H16ClF4N7O. The van der Waals surface area contributed by atoms with Gasteiger partial charge in [0.25, 0.3) is 0 Å². The van der Waals surface area contributed by atoms with Crippen molar-refractivity contribution in [1.82, 2.24) is 4.98 Å². The summed E-state index contributed by atoms with van der Waals surface area (Å²) in [5.41, 5.74) is 7.24. The molecule has 0 unspecified atom stereocenters. The number of amides is 1. The van der Waals surface area contributed by atoms with Crippen molar-refractivity contribution in [2.24, 2.45) is 5.11 Å². The van der Waals surface area contributed by atoms with Gasteiger partial charge in [0.2, 0.25) is 5.91 Å². The van der Waals surface area contributed by atoms with Crippen molar-refractivity contribution in [3.63, 3.8) is 0 Å². The fourth-order valence-electron chi connectivity index (χ4n) is 3.72. The van der Waals surface area contributed by atoms with E-state index in [1.54, 1.807) is 6.07 Å². The lowest BCUT2D eigenvalue weighted by Gasteiger charge is -2.31. The number of alkyl halides is 3. The minimum absolute atomic E-state index is 0.00608.